The standard InChI is InChI=1S/C19H22FN3O2S/c1-2-13-12-23(18(25)14-3-5-16(20)6-4-14)9-7-15(13)11-17(24)22-19-21-8-10-26-19/h3-6,8,10,13,15H,2,7,9,11-12H2,1H3,(H,21,22,24). The van der Waals surface area contributed by atoms with Gasteiger partial charge in [-0.05, 0) is 42.5 Å². The monoisotopic (exact) mass is 375 g/mol. The van der Waals surface area contributed by atoms with Crippen LogP contribution in [0.5, 0.6) is 0 Å². The van der Waals surface area contributed by atoms with Gasteiger partial charge in [-0.15, -0.1) is 11.3 Å². The zero-order valence-corrected chi connectivity index (χ0v) is 15.5. The quantitative estimate of drug-likeness (QED) is 0.865. The van der Waals surface area contributed by atoms with E-state index in [1.807, 2.05) is 10.3 Å². The summed E-state index contributed by atoms with van der Waals surface area (Å²) >= 11 is 1.40. The number of halogens is 1. The molecule has 0 aliphatic carbocycles. The first-order valence-electron chi connectivity index (χ1n) is 8.81. The van der Waals surface area contributed by atoms with Crippen molar-refractivity contribution in [1.29, 1.82) is 0 Å². The summed E-state index contributed by atoms with van der Waals surface area (Å²) in [6.45, 7) is 3.33. The smallest absolute Gasteiger partial charge is 0.253 e. The second kappa shape index (κ2) is 8.40. The molecule has 1 aromatic heterocycles. The van der Waals surface area contributed by atoms with Crippen molar-refractivity contribution in [1.82, 2.24) is 9.88 Å². The molecule has 1 aromatic carbocycles. The van der Waals surface area contributed by atoms with Crippen LogP contribution in [0.15, 0.2) is 35.8 Å². The minimum atomic E-state index is -0.349. The van der Waals surface area contributed by atoms with Gasteiger partial charge in [-0.2, -0.15) is 0 Å². The van der Waals surface area contributed by atoms with Crippen LogP contribution >= 0.6 is 11.3 Å². The minimum absolute atomic E-state index is 0.0262. The topological polar surface area (TPSA) is 62.3 Å². The summed E-state index contributed by atoms with van der Waals surface area (Å²) in [5.74, 6) is 0.0706. The summed E-state index contributed by atoms with van der Waals surface area (Å²) in [5.41, 5.74) is 0.501. The van der Waals surface area contributed by atoms with Crippen molar-refractivity contribution in [2.24, 2.45) is 11.8 Å². The SMILES string of the molecule is CCC1CN(C(=O)c2ccc(F)cc2)CCC1CC(=O)Nc1nccs1. The van der Waals surface area contributed by atoms with E-state index >= 15 is 0 Å². The van der Waals surface area contributed by atoms with Crippen molar-refractivity contribution in [3.8, 4) is 0 Å². The van der Waals surface area contributed by atoms with Gasteiger partial charge in [0, 0.05) is 36.7 Å². The molecule has 26 heavy (non-hydrogen) atoms. The number of hydrogen-bond acceptors (Lipinski definition) is 4. The second-order valence-electron chi connectivity index (χ2n) is 6.56. The van der Waals surface area contributed by atoms with Gasteiger partial charge in [0.05, 0.1) is 0 Å². The lowest BCUT2D eigenvalue weighted by Crippen LogP contribution is -2.44. The summed E-state index contributed by atoms with van der Waals surface area (Å²) in [6, 6.07) is 5.65. The van der Waals surface area contributed by atoms with Gasteiger partial charge in [-0.25, -0.2) is 9.37 Å². The van der Waals surface area contributed by atoms with Gasteiger partial charge in [0.25, 0.3) is 5.91 Å². The number of amides is 2. The Morgan fingerprint density at radius 1 is 1.31 bits per heavy atom. The van der Waals surface area contributed by atoms with Crippen molar-refractivity contribution in [3.05, 3.63) is 47.2 Å². The average Bonchev–Trinajstić information content (AvgIpc) is 3.15. The fourth-order valence-electron chi connectivity index (χ4n) is 3.47. The molecular formula is C19H22FN3O2S. The molecule has 1 fully saturated rings. The molecule has 0 spiro atoms. The number of aromatic nitrogens is 1. The number of carbonyl (C=O) groups is 2. The van der Waals surface area contributed by atoms with E-state index in [0.717, 1.165) is 12.8 Å². The molecule has 7 heteroatoms. The molecule has 1 saturated heterocycles. The second-order valence-corrected chi connectivity index (χ2v) is 7.46. The molecule has 1 aliphatic heterocycles. The van der Waals surface area contributed by atoms with Gasteiger partial charge in [-0.3, -0.25) is 9.59 Å². The number of thiazole rings is 1. The Balaban J connectivity index is 1.58. The van der Waals surface area contributed by atoms with E-state index in [0.29, 0.717) is 30.2 Å². The van der Waals surface area contributed by atoms with Crippen molar-refractivity contribution < 1.29 is 14.0 Å². The largest absolute Gasteiger partial charge is 0.338 e. The number of piperidine rings is 1. The van der Waals surface area contributed by atoms with E-state index in [4.69, 9.17) is 0 Å². The van der Waals surface area contributed by atoms with Crippen molar-refractivity contribution in [3.63, 3.8) is 0 Å². The number of anilines is 1. The van der Waals surface area contributed by atoms with Gasteiger partial charge in [0.1, 0.15) is 5.82 Å². The molecule has 2 atom stereocenters. The average molecular weight is 375 g/mol. The lowest BCUT2D eigenvalue weighted by molar-refractivity contribution is -0.117. The van der Waals surface area contributed by atoms with E-state index in [9.17, 15) is 14.0 Å². The number of carbonyl (C=O) groups excluding carboxylic acids is 2. The third-order valence-electron chi connectivity index (χ3n) is 4.92. The van der Waals surface area contributed by atoms with Gasteiger partial charge < -0.3 is 10.2 Å². The lowest BCUT2D eigenvalue weighted by Gasteiger charge is -2.38. The highest BCUT2D eigenvalue weighted by molar-refractivity contribution is 7.13. The maximum absolute atomic E-state index is 13.1. The molecule has 1 N–H and O–H groups in total. The van der Waals surface area contributed by atoms with Gasteiger partial charge in [0.15, 0.2) is 5.13 Å². The molecule has 138 valence electrons. The van der Waals surface area contributed by atoms with Gasteiger partial charge in [-0.1, -0.05) is 13.3 Å². The Morgan fingerprint density at radius 3 is 2.73 bits per heavy atom. The lowest BCUT2D eigenvalue weighted by atomic mass is 9.81. The van der Waals surface area contributed by atoms with E-state index in [1.54, 1.807) is 6.20 Å². The zero-order valence-electron chi connectivity index (χ0n) is 14.7. The predicted molar refractivity (Wildman–Crippen MR) is 99.6 cm³/mol. The molecule has 2 aromatic rings. The third-order valence-corrected chi connectivity index (χ3v) is 5.61. The first-order chi connectivity index (χ1) is 12.6. The van der Waals surface area contributed by atoms with Crippen molar-refractivity contribution >= 4 is 28.3 Å². The molecule has 5 nitrogen and oxygen atoms in total. The number of rotatable bonds is 5. The highest BCUT2D eigenvalue weighted by atomic mass is 32.1. The van der Waals surface area contributed by atoms with Crippen LogP contribution in [0, 0.1) is 17.7 Å². The van der Waals surface area contributed by atoms with Crippen LogP contribution in [0.3, 0.4) is 0 Å². The van der Waals surface area contributed by atoms with Gasteiger partial charge in [0.2, 0.25) is 5.91 Å². The van der Waals surface area contributed by atoms with E-state index < -0.39 is 0 Å². The maximum atomic E-state index is 13.1. The summed E-state index contributed by atoms with van der Waals surface area (Å²) < 4.78 is 13.1. The molecule has 0 bridgehead atoms. The van der Waals surface area contributed by atoms with Crippen molar-refractivity contribution in [2.75, 3.05) is 18.4 Å². The Hall–Kier alpha value is -2.28. The summed E-state index contributed by atoms with van der Waals surface area (Å²) in [6.07, 6.45) is 3.80. The highest BCUT2D eigenvalue weighted by Gasteiger charge is 2.32. The molecule has 2 amide bonds. The van der Waals surface area contributed by atoms with Crippen LogP contribution in [-0.2, 0) is 4.79 Å². The Bertz CT molecular complexity index is 749. The highest BCUT2D eigenvalue weighted by Crippen LogP contribution is 2.30. The summed E-state index contributed by atoms with van der Waals surface area (Å²) in [7, 11) is 0. The molecule has 3 rings (SSSR count). The molecule has 2 unspecified atom stereocenters. The van der Waals surface area contributed by atoms with E-state index in [-0.39, 0.29) is 29.5 Å². The van der Waals surface area contributed by atoms with Crippen LogP contribution in [0.1, 0.15) is 36.5 Å². The number of hydrogen-bond donors (Lipinski definition) is 1. The Kier molecular flexibility index (Phi) is 5.98. The fourth-order valence-corrected chi connectivity index (χ4v) is 4.01. The zero-order chi connectivity index (χ0) is 18.5. The third kappa shape index (κ3) is 4.46. The molecule has 0 radical (unpaired) electrons. The van der Waals surface area contributed by atoms with E-state index in [2.05, 4.69) is 17.2 Å². The first kappa shape index (κ1) is 18.5. The number of benzene rings is 1. The molecular weight excluding hydrogens is 353 g/mol. The Labute approximate surface area is 156 Å². The van der Waals surface area contributed by atoms with Crippen LogP contribution in [0.2, 0.25) is 0 Å². The van der Waals surface area contributed by atoms with Crippen LogP contribution in [0.4, 0.5) is 9.52 Å². The van der Waals surface area contributed by atoms with Crippen LogP contribution < -0.4 is 5.32 Å². The molecule has 1 aliphatic rings. The molecule has 0 saturated carbocycles. The summed E-state index contributed by atoms with van der Waals surface area (Å²) in [5, 5.41) is 5.27. The number of nitrogens with zero attached hydrogens (tertiary/aromatic N) is 2. The van der Waals surface area contributed by atoms with Crippen LogP contribution in [0.25, 0.3) is 0 Å². The summed E-state index contributed by atoms with van der Waals surface area (Å²) in [4.78, 5) is 30.8. The number of likely N-dealkylation sites (tertiary alicyclic amines) is 1. The predicted octanol–water partition coefficient (Wildman–Crippen LogP) is 3.80. The number of nitrogens with one attached hydrogen (secondary N) is 1. The molecule has 2 heterocycles. The van der Waals surface area contributed by atoms with Gasteiger partial charge >= 0.3 is 0 Å². The minimum Gasteiger partial charge on any atom is -0.338 e. The fraction of sp³-hybridized carbons (Fsp3) is 0.421. The van der Waals surface area contributed by atoms with Crippen molar-refractivity contribution in [2.45, 2.75) is 26.2 Å². The van der Waals surface area contributed by atoms with Crippen LogP contribution in [-0.4, -0.2) is 34.8 Å². The van der Waals surface area contributed by atoms with E-state index in [1.165, 1.54) is 35.6 Å². The Morgan fingerprint density at radius 2 is 2.08 bits per heavy atom. The first-order valence-corrected chi connectivity index (χ1v) is 9.69. The normalized spacial score (nSPS) is 20.0. The maximum Gasteiger partial charge on any atom is 0.253 e.